The van der Waals surface area contributed by atoms with E-state index in [0.717, 1.165) is 25.7 Å². The van der Waals surface area contributed by atoms with E-state index >= 15 is 0 Å². The summed E-state index contributed by atoms with van der Waals surface area (Å²) in [5.74, 6) is -2.64. The SMILES string of the molecule is CC(=O)OC[C@H]1O[C@@H](NC(=S)N[C@H]2CCCC[C@@H]2N(C)C)[C@H](OC(C)=O)[C@@H](OC(C)=O)[C@@H]1OC(C)=O. The van der Waals surface area contributed by atoms with Crippen molar-refractivity contribution in [2.24, 2.45) is 0 Å². The number of carbonyl (C=O) groups excluding carboxylic acids is 4. The Morgan fingerprint density at radius 3 is 1.94 bits per heavy atom. The molecule has 1 saturated carbocycles. The number of nitrogens with one attached hydrogen (secondary N) is 2. The van der Waals surface area contributed by atoms with Crippen LogP contribution in [0.3, 0.4) is 0 Å². The van der Waals surface area contributed by atoms with E-state index in [1.54, 1.807) is 0 Å². The minimum Gasteiger partial charge on any atom is -0.463 e. The van der Waals surface area contributed by atoms with Gasteiger partial charge in [-0.1, -0.05) is 12.8 Å². The number of carbonyl (C=O) groups is 4. The molecule has 0 aromatic carbocycles. The van der Waals surface area contributed by atoms with Gasteiger partial charge in [0.05, 0.1) is 0 Å². The quantitative estimate of drug-likeness (QED) is 0.254. The molecule has 0 bridgehead atoms. The molecule has 1 heterocycles. The molecule has 1 aliphatic carbocycles. The normalized spacial score (nSPS) is 30.0. The van der Waals surface area contributed by atoms with Gasteiger partial charge in [-0.05, 0) is 39.2 Å². The van der Waals surface area contributed by atoms with Gasteiger partial charge >= 0.3 is 23.9 Å². The molecule has 2 rings (SSSR count). The highest BCUT2D eigenvalue weighted by Gasteiger charge is 2.52. The largest absolute Gasteiger partial charge is 0.463 e. The van der Waals surface area contributed by atoms with E-state index in [2.05, 4.69) is 15.5 Å². The predicted octanol–water partition coefficient (Wildman–Crippen LogP) is 0.406. The molecule has 204 valence electrons. The summed E-state index contributed by atoms with van der Waals surface area (Å²) in [7, 11) is 4.03. The lowest BCUT2D eigenvalue weighted by Crippen LogP contribution is -2.67. The van der Waals surface area contributed by atoms with Crippen molar-refractivity contribution >= 4 is 41.2 Å². The molecule has 2 aliphatic rings. The lowest BCUT2D eigenvalue weighted by Gasteiger charge is -2.45. The van der Waals surface area contributed by atoms with Crippen molar-refractivity contribution in [2.75, 3.05) is 20.7 Å². The van der Waals surface area contributed by atoms with Crippen molar-refractivity contribution in [1.82, 2.24) is 15.5 Å². The fourth-order valence-corrected chi connectivity index (χ4v) is 4.85. The maximum Gasteiger partial charge on any atom is 0.303 e. The van der Waals surface area contributed by atoms with Crippen molar-refractivity contribution in [3.05, 3.63) is 0 Å². The van der Waals surface area contributed by atoms with Crippen LogP contribution in [0, 0.1) is 0 Å². The molecule has 0 aromatic rings. The van der Waals surface area contributed by atoms with Crippen LogP contribution in [-0.4, -0.2) is 97.3 Å². The first kappa shape index (κ1) is 29.7. The first-order valence-electron chi connectivity index (χ1n) is 11.9. The molecule has 1 saturated heterocycles. The van der Waals surface area contributed by atoms with Gasteiger partial charge < -0.3 is 39.2 Å². The number of nitrogens with zero attached hydrogens (tertiary/aromatic N) is 1. The highest BCUT2D eigenvalue weighted by Crippen LogP contribution is 2.28. The molecule has 0 spiro atoms. The van der Waals surface area contributed by atoms with Gasteiger partial charge in [-0.25, -0.2) is 0 Å². The summed E-state index contributed by atoms with van der Waals surface area (Å²) in [5, 5.41) is 6.57. The average Bonchev–Trinajstić information content (AvgIpc) is 2.75. The van der Waals surface area contributed by atoms with Crippen LogP contribution in [0.4, 0.5) is 0 Å². The highest BCUT2D eigenvalue weighted by molar-refractivity contribution is 7.80. The molecular weight excluding hydrogens is 494 g/mol. The minimum absolute atomic E-state index is 0.0828. The van der Waals surface area contributed by atoms with Crippen LogP contribution in [-0.2, 0) is 42.9 Å². The van der Waals surface area contributed by atoms with Gasteiger partial charge in [0, 0.05) is 39.8 Å². The van der Waals surface area contributed by atoms with Crippen LogP contribution in [0.15, 0.2) is 0 Å². The van der Waals surface area contributed by atoms with Gasteiger partial charge in [0.1, 0.15) is 12.7 Å². The number of esters is 4. The van der Waals surface area contributed by atoms with Crippen molar-refractivity contribution in [3.8, 4) is 0 Å². The van der Waals surface area contributed by atoms with Gasteiger partial charge in [-0.3, -0.25) is 19.2 Å². The molecular formula is C23H37N3O9S. The summed E-state index contributed by atoms with van der Waals surface area (Å²) in [5.41, 5.74) is 0. The Hall–Kier alpha value is -2.51. The zero-order valence-corrected chi connectivity index (χ0v) is 22.4. The summed E-state index contributed by atoms with van der Waals surface area (Å²) in [6.45, 7) is 4.44. The van der Waals surface area contributed by atoms with Crippen LogP contribution in [0.25, 0.3) is 0 Å². The van der Waals surface area contributed by atoms with Crippen LogP contribution >= 0.6 is 12.2 Å². The van der Waals surface area contributed by atoms with Gasteiger partial charge in [0.15, 0.2) is 29.7 Å². The Kier molecular flexibility index (Phi) is 11.3. The zero-order chi connectivity index (χ0) is 27.0. The lowest BCUT2D eigenvalue weighted by molar-refractivity contribution is -0.255. The number of hydrogen-bond acceptors (Lipinski definition) is 11. The summed E-state index contributed by atoms with van der Waals surface area (Å²) in [6, 6.07) is 0.355. The van der Waals surface area contributed by atoms with Crippen LogP contribution in [0.5, 0.6) is 0 Å². The van der Waals surface area contributed by atoms with Crippen molar-refractivity contribution in [2.45, 2.75) is 96.1 Å². The van der Waals surface area contributed by atoms with Gasteiger partial charge in [-0.2, -0.15) is 0 Å². The standard InChI is InChI=1S/C23H37N3O9S/c1-12(27)31-11-18-19(32-13(2)28)20(33-14(3)29)21(34-15(4)30)22(35-18)25-23(36)24-16-9-7-8-10-17(16)26(5)6/h16-22H,7-11H2,1-6H3,(H2,24,25,36)/t16-,17-,18+,19+,20-,21+,22+/m0/s1. The van der Waals surface area contributed by atoms with E-state index in [-0.39, 0.29) is 23.8 Å². The number of likely N-dealkylation sites (N-methyl/N-ethyl adjacent to an activating group) is 1. The van der Waals surface area contributed by atoms with E-state index in [0.29, 0.717) is 0 Å². The molecule has 2 fully saturated rings. The first-order chi connectivity index (χ1) is 16.9. The number of hydrogen-bond donors (Lipinski definition) is 2. The molecule has 12 nitrogen and oxygen atoms in total. The van der Waals surface area contributed by atoms with Gasteiger partial charge in [0.25, 0.3) is 0 Å². The number of ether oxygens (including phenoxy) is 5. The highest BCUT2D eigenvalue weighted by atomic mass is 32.1. The molecule has 0 amide bonds. The molecule has 0 unspecified atom stereocenters. The molecule has 2 N–H and O–H groups in total. The maximum absolute atomic E-state index is 12.0. The monoisotopic (exact) mass is 531 g/mol. The third-order valence-corrected chi connectivity index (χ3v) is 6.21. The van der Waals surface area contributed by atoms with Crippen LogP contribution < -0.4 is 10.6 Å². The van der Waals surface area contributed by atoms with Crippen molar-refractivity contribution in [3.63, 3.8) is 0 Å². The van der Waals surface area contributed by atoms with Gasteiger partial charge in [0.2, 0.25) is 0 Å². The van der Waals surface area contributed by atoms with Crippen LogP contribution in [0.2, 0.25) is 0 Å². The van der Waals surface area contributed by atoms with Crippen molar-refractivity contribution < 1.29 is 42.9 Å². The fourth-order valence-electron chi connectivity index (χ4n) is 4.58. The van der Waals surface area contributed by atoms with E-state index in [1.165, 1.54) is 27.7 Å². The molecule has 1 aliphatic heterocycles. The molecule has 0 aromatic heterocycles. The second-order valence-electron chi connectivity index (χ2n) is 9.16. The summed E-state index contributed by atoms with van der Waals surface area (Å²) in [4.78, 5) is 49.3. The number of thiocarbonyl (C=S) groups is 1. The second kappa shape index (κ2) is 13.7. The Bertz CT molecular complexity index is 825. The summed E-state index contributed by atoms with van der Waals surface area (Å²) < 4.78 is 27.4. The third-order valence-electron chi connectivity index (χ3n) is 5.97. The first-order valence-corrected chi connectivity index (χ1v) is 12.3. The topological polar surface area (TPSA) is 142 Å². The van der Waals surface area contributed by atoms with E-state index < -0.39 is 54.5 Å². The molecule has 7 atom stereocenters. The second-order valence-corrected chi connectivity index (χ2v) is 9.57. The van der Waals surface area contributed by atoms with E-state index in [1.807, 2.05) is 14.1 Å². The summed E-state index contributed by atoms with van der Waals surface area (Å²) in [6.07, 6.45) is -1.72. The molecule has 0 radical (unpaired) electrons. The average molecular weight is 532 g/mol. The summed E-state index contributed by atoms with van der Waals surface area (Å²) >= 11 is 5.55. The smallest absolute Gasteiger partial charge is 0.303 e. The predicted molar refractivity (Wildman–Crippen MR) is 131 cm³/mol. The van der Waals surface area contributed by atoms with Crippen LogP contribution in [0.1, 0.15) is 53.4 Å². The zero-order valence-electron chi connectivity index (χ0n) is 21.6. The van der Waals surface area contributed by atoms with Crippen molar-refractivity contribution in [1.29, 1.82) is 0 Å². The molecule has 36 heavy (non-hydrogen) atoms. The Morgan fingerprint density at radius 2 is 1.39 bits per heavy atom. The lowest BCUT2D eigenvalue weighted by atomic mass is 9.89. The third kappa shape index (κ3) is 8.86. The number of rotatable bonds is 8. The van der Waals surface area contributed by atoms with E-state index in [4.69, 9.17) is 35.9 Å². The van der Waals surface area contributed by atoms with E-state index in [9.17, 15) is 19.2 Å². The minimum atomic E-state index is -1.26. The van der Waals surface area contributed by atoms with Gasteiger partial charge in [-0.15, -0.1) is 0 Å². The molecule has 13 heteroatoms. The Labute approximate surface area is 216 Å². The Morgan fingerprint density at radius 1 is 0.833 bits per heavy atom. The Balaban J connectivity index is 2.32. The maximum atomic E-state index is 12.0. The fraction of sp³-hybridized carbons (Fsp3) is 0.783.